The molecule has 1 saturated heterocycles. The third-order valence-corrected chi connectivity index (χ3v) is 4.39. The molecule has 0 saturated carbocycles. The van der Waals surface area contributed by atoms with E-state index in [0.717, 1.165) is 38.8 Å². The van der Waals surface area contributed by atoms with E-state index in [4.69, 9.17) is 0 Å². The van der Waals surface area contributed by atoms with Crippen LogP contribution in [0.15, 0.2) is 18.2 Å². The van der Waals surface area contributed by atoms with Crippen molar-refractivity contribution < 1.29 is 14.3 Å². The molecule has 3 nitrogen and oxygen atoms in total. The lowest BCUT2D eigenvalue weighted by molar-refractivity contribution is -0.151. The van der Waals surface area contributed by atoms with Crippen molar-refractivity contribution in [3.05, 3.63) is 35.1 Å². The Balaban J connectivity index is 2.41. The Morgan fingerprint density at radius 1 is 1.25 bits per heavy atom. The van der Waals surface area contributed by atoms with Crippen molar-refractivity contribution in [2.75, 3.05) is 13.1 Å². The van der Waals surface area contributed by atoms with Gasteiger partial charge in [0, 0.05) is 0 Å². The molecule has 2 rings (SSSR count). The molecular weight excluding hydrogens is 257 g/mol. The molecule has 0 spiro atoms. The van der Waals surface area contributed by atoms with Crippen molar-refractivity contribution in [2.24, 2.45) is 0 Å². The molecule has 110 valence electrons. The second kappa shape index (κ2) is 5.92. The van der Waals surface area contributed by atoms with Gasteiger partial charge in [-0.05, 0) is 57.0 Å². The molecule has 0 aromatic heterocycles. The van der Waals surface area contributed by atoms with E-state index >= 15 is 0 Å². The second-order valence-corrected chi connectivity index (χ2v) is 5.74. The Labute approximate surface area is 119 Å². The first-order valence-corrected chi connectivity index (χ1v) is 7.21. The number of rotatable bonds is 3. The number of carboxylic acids is 1. The number of nitrogens with zero attached hydrogens (tertiary/aromatic N) is 1. The Bertz CT molecular complexity index is 495. The first-order valence-electron chi connectivity index (χ1n) is 7.21. The molecule has 1 aliphatic heterocycles. The summed E-state index contributed by atoms with van der Waals surface area (Å²) in [6.45, 7) is 4.87. The van der Waals surface area contributed by atoms with Crippen LogP contribution in [-0.4, -0.2) is 29.1 Å². The third kappa shape index (κ3) is 2.70. The maximum Gasteiger partial charge on any atom is 0.328 e. The summed E-state index contributed by atoms with van der Waals surface area (Å²) in [7, 11) is 0. The number of benzene rings is 1. The van der Waals surface area contributed by atoms with Gasteiger partial charge in [-0.25, -0.2) is 9.18 Å². The Hall–Kier alpha value is -1.42. The van der Waals surface area contributed by atoms with E-state index in [1.807, 2.05) is 4.90 Å². The highest BCUT2D eigenvalue weighted by atomic mass is 19.1. The normalized spacial score (nSPS) is 20.1. The van der Waals surface area contributed by atoms with E-state index in [1.165, 1.54) is 6.07 Å². The minimum atomic E-state index is -1.15. The molecule has 0 amide bonds. The maximum absolute atomic E-state index is 13.8. The van der Waals surface area contributed by atoms with E-state index in [0.29, 0.717) is 11.1 Å². The Morgan fingerprint density at radius 2 is 1.85 bits per heavy atom. The second-order valence-electron chi connectivity index (χ2n) is 5.74. The average Bonchev–Trinajstić information content (AvgIpc) is 2.70. The topological polar surface area (TPSA) is 40.5 Å². The molecule has 0 aliphatic carbocycles. The monoisotopic (exact) mass is 279 g/mol. The summed E-state index contributed by atoms with van der Waals surface area (Å²) >= 11 is 0. The van der Waals surface area contributed by atoms with Gasteiger partial charge in [0.2, 0.25) is 0 Å². The fourth-order valence-electron chi connectivity index (χ4n) is 2.85. The molecule has 20 heavy (non-hydrogen) atoms. The molecule has 1 unspecified atom stereocenters. The maximum atomic E-state index is 13.8. The third-order valence-electron chi connectivity index (χ3n) is 4.39. The van der Waals surface area contributed by atoms with Gasteiger partial charge in [0.1, 0.15) is 11.4 Å². The molecule has 1 heterocycles. The predicted octanol–water partition coefficient (Wildman–Crippen LogP) is 3.31. The van der Waals surface area contributed by atoms with E-state index in [9.17, 15) is 14.3 Å². The molecule has 0 bridgehead atoms. The van der Waals surface area contributed by atoms with Crippen LogP contribution in [0.3, 0.4) is 0 Å². The Morgan fingerprint density at radius 3 is 2.35 bits per heavy atom. The van der Waals surface area contributed by atoms with Gasteiger partial charge in [-0.15, -0.1) is 0 Å². The number of aliphatic carboxylic acids is 1. The lowest BCUT2D eigenvalue weighted by Crippen LogP contribution is -2.50. The van der Waals surface area contributed by atoms with Crippen LogP contribution in [0.1, 0.15) is 43.7 Å². The van der Waals surface area contributed by atoms with E-state index in [-0.39, 0.29) is 5.82 Å². The van der Waals surface area contributed by atoms with E-state index in [1.54, 1.807) is 26.0 Å². The van der Waals surface area contributed by atoms with Crippen molar-refractivity contribution in [1.82, 2.24) is 4.90 Å². The molecule has 1 aromatic carbocycles. The van der Waals surface area contributed by atoms with Crippen molar-refractivity contribution in [3.63, 3.8) is 0 Å². The summed E-state index contributed by atoms with van der Waals surface area (Å²) in [5, 5.41) is 9.73. The number of hydrogen-bond donors (Lipinski definition) is 1. The lowest BCUT2D eigenvalue weighted by atomic mass is 9.89. The number of aryl methyl sites for hydroxylation is 1. The van der Waals surface area contributed by atoms with Gasteiger partial charge in [-0.3, -0.25) is 4.90 Å². The van der Waals surface area contributed by atoms with Gasteiger partial charge in [-0.2, -0.15) is 0 Å². The highest BCUT2D eigenvalue weighted by Crippen LogP contribution is 2.32. The summed E-state index contributed by atoms with van der Waals surface area (Å²) < 4.78 is 13.8. The smallest absolute Gasteiger partial charge is 0.328 e. The van der Waals surface area contributed by atoms with Crippen LogP contribution in [0.25, 0.3) is 0 Å². The minimum absolute atomic E-state index is 0.343. The zero-order chi connectivity index (χ0) is 14.8. The molecule has 0 radical (unpaired) electrons. The highest BCUT2D eigenvalue weighted by Gasteiger charge is 2.41. The molecule has 1 aliphatic rings. The molecule has 1 N–H and O–H groups in total. The van der Waals surface area contributed by atoms with Gasteiger partial charge < -0.3 is 5.11 Å². The van der Waals surface area contributed by atoms with E-state index in [2.05, 4.69) is 0 Å². The van der Waals surface area contributed by atoms with Gasteiger partial charge in [0.05, 0.1) is 0 Å². The van der Waals surface area contributed by atoms with Crippen LogP contribution in [0.5, 0.6) is 0 Å². The van der Waals surface area contributed by atoms with Crippen LogP contribution >= 0.6 is 0 Å². The summed E-state index contributed by atoms with van der Waals surface area (Å²) in [4.78, 5) is 13.8. The average molecular weight is 279 g/mol. The largest absolute Gasteiger partial charge is 0.480 e. The van der Waals surface area contributed by atoms with Crippen LogP contribution in [-0.2, 0) is 10.3 Å². The Kier molecular flexibility index (Phi) is 4.43. The van der Waals surface area contributed by atoms with Gasteiger partial charge in [0.25, 0.3) is 0 Å². The quantitative estimate of drug-likeness (QED) is 0.922. The van der Waals surface area contributed by atoms with Crippen LogP contribution in [0.2, 0.25) is 0 Å². The van der Waals surface area contributed by atoms with Crippen LogP contribution in [0, 0.1) is 12.7 Å². The van der Waals surface area contributed by atoms with Crippen molar-refractivity contribution in [3.8, 4) is 0 Å². The predicted molar refractivity (Wildman–Crippen MR) is 76.2 cm³/mol. The number of carbonyl (C=O) groups is 1. The van der Waals surface area contributed by atoms with Crippen molar-refractivity contribution in [1.29, 1.82) is 0 Å². The highest BCUT2D eigenvalue weighted by molar-refractivity contribution is 5.80. The van der Waals surface area contributed by atoms with Crippen LogP contribution < -0.4 is 0 Å². The standard InChI is InChI=1S/C16H22FNO2/c1-12-7-8-13(11-14(12)17)16(2,15(19)20)18-9-5-3-4-6-10-18/h7-8,11H,3-6,9-10H2,1-2H3,(H,19,20). The number of likely N-dealkylation sites (tertiary alicyclic amines) is 1. The SMILES string of the molecule is Cc1ccc(C(C)(C(=O)O)N2CCCCCC2)cc1F. The number of hydrogen-bond acceptors (Lipinski definition) is 2. The number of halogens is 1. The van der Waals surface area contributed by atoms with Gasteiger partial charge >= 0.3 is 5.97 Å². The first kappa shape index (κ1) is 15.0. The molecular formula is C16H22FNO2. The van der Waals surface area contributed by atoms with Crippen LogP contribution in [0.4, 0.5) is 4.39 Å². The fraction of sp³-hybridized carbons (Fsp3) is 0.562. The fourth-order valence-corrected chi connectivity index (χ4v) is 2.85. The molecule has 1 atom stereocenters. The number of carboxylic acid groups (broad SMARTS) is 1. The molecule has 1 aromatic rings. The summed E-state index contributed by atoms with van der Waals surface area (Å²) in [5.41, 5.74) is -0.0915. The lowest BCUT2D eigenvalue weighted by Gasteiger charge is -2.37. The van der Waals surface area contributed by atoms with Gasteiger partial charge in [-0.1, -0.05) is 25.0 Å². The summed E-state index contributed by atoms with van der Waals surface area (Å²) in [6.07, 6.45) is 4.26. The molecule has 1 fully saturated rings. The first-order chi connectivity index (χ1) is 9.46. The van der Waals surface area contributed by atoms with Gasteiger partial charge in [0.15, 0.2) is 0 Å². The summed E-state index contributed by atoms with van der Waals surface area (Å²) in [5.74, 6) is -1.26. The zero-order valence-electron chi connectivity index (χ0n) is 12.2. The van der Waals surface area contributed by atoms with Crippen molar-refractivity contribution in [2.45, 2.75) is 45.1 Å². The van der Waals surface area contributed by atoms with E-state index < -0.39 is 11.5 Å². The zero-order valence-corrected chi connectivity index (χ0v) is 12.2. The molecule has 4 heteroatoms. The summed E-state index contributed by atoms with van der Waals surface area (Å²) in [6, 6.07) is 4.76. The van der Waals surface area contributed by atoms with Crippen molar-refractivity contribution >= 4 is 5.97 Å². The minimum Gasteiger partial charge on any atom is -0.480 e.